The molecule has 0 aliphatic rings. The number of carbonyl (C=O) groups excluding carboxylic acids is 1. The Balaban J connectivity index is 2.35. The third kappa shape index (κ3) is 3.29. The number of nitrogens with zero attached hydrogens (tertiary/aromatic N) is 2. The lowest BCUT2D eigenvalue weighted by atomic mass is 10.1. The maximum Gasteiger partial charge on any atom is 0.272 e. The summed E-state index contributed by atoms with van der Waals surface area (Å²) in [5, 5.41) is 7.04. The number of rotatable bonds is 4. The van der Waals surface area contributed by atoms with Crippen LogP contribution in [-0.4, -0.2) is 21.7 Å². The van der Waals surface area contributed by atoms with Crippen LogP contribution in [0.4, 0.5) is 4.39 Å². The normalized spacial score (nSPS) is 12.2. The second-order valence-electron chi connectivity index (χ2n) is 5.30. The Labute approximate surface area is 124 Å². The molecule has 0 spiro atoms. The van der Waals surface area contributed by atoms with Gasteiger partial charge < -0.3 is 5.32 Å². The van der Waals surface area contributed by atoms with Gasteiger partial charge in [0.25, 0.3) is 5.91 Å². The number of benzene rings is 1. The van der Waals surface area contributed by atoms with E-state index >= 15 is 0 Å². The molecule has 0 saturated heterocycles. The van der Waals surface area contributed by atoms with Crippen molar-refractivity contribution < 1.29 is 9.18 Å². The van der Waals surface area contributed by atoms with E-state index in [4.69, 9.17) is 0 Å². The zero-order valence-corrected chi connectivity index (χ0v) is 12.8. The van der Waals surface area contributed by atoms with Crippen molar-refractivity contribution in [2.24, 2.45) is 7.05 Å². The zero-order valence-electron chi connectivity index (χ0n) is 12.8. The third-order valence-electron chi connectivity index (χ3n) is 3.50. The van der Waals surface area contributed by atoms with E-state index < -0.39 is 0 Å². The fourth-order valence-electron chi connectivity index (χ4n) is 2.07. The van der Waals surface area contributed by atoms with Crippen LogP contribution in [0.25, 0.3) is 11.3 Å². The predicted molar refractivity (Wildman–Crippen MR) is 80.6 cm³/mol. The molecule has 112 valence electrons. The lowest BCUT2D eigenvalue weighted by Gasteiger charge is -2.09. The largest absolute Gasteiger partial charge is 0.348 e. The van der Waals surface area contributed by atoms with Gasteiger partial charge in [0.2, 0.25) is 0 Å². The van der Waals surface area contributed by atoms with Gasteiger partial charge in [0.15, 0.2) is 5.69 Å². The Bertz CT molecular complexity index is 664. The van der Waals surface area contributed by atoms with Crippen molar-refractivity contribution in [2.75, 3.05) is 0 Å². The summed E-state index contributed by atoms with van der Waals surface area (Å²) in [6, 6.07) is 6.60. The summed E-state index contributed by atoms with van der Waals surface area (Å²) in [7, 11) is 1.71. The first-order valence-corrected chi connectivity index (χ1v) is 7.03. The summed E-state index contributed by atoms with van der Waals surface area (Å²) >= 11 is 0. The summed E-state index contributed by atoms with van der Waals surface area (Å²) in [4.78, 5) is 12.1. The summed E-state index contributed by atoms with van der Waals surface area (Å²) in [6.07, 6.45) is 0.845. The quantitative estimate of drug-likeness (QED) is 0.940. The van der Waals surface area contributed by atoms with Crippen LogP contribution in [-0.2, 0) is 7.05 Å². The predicted octanol–water partition coefficient (Wildman–Crippen LogP) is 3.06. The Morgan fingerprint density at radius 1 is 1.43 bits per heavy atom. The van der Waals surface area contributed by atoms with Gasteiger partial charge in [-0.05, 0) is 38.5 Å². The van der Waals surface area contributed by atoms with Gasteiger partial charge in [-0.2, -0.15) is 5.10 Å². The average Bonchev–Trinajstić information content (AvgIpc) is 2.83. The van der Waals surface area contributed by atoms with Gasteiger partial charge >= 0.3 is 0 Å². The van der Waals surface area contributed by atoms with Crippen LogP contribution in [0.2, 0.25) is 0 Å². The van der Waals surface area contributed by atoms with E-state index in [2.05, 4.69) is 10.4 Å². The molecule has 21 heavy (non-hydrogen) atoms. The highest BCUT2D eigenvalue weighted by molar-refractivity contribution is 5.93. The van der Waals surface area contributed by atoms with E-state index in [0.717, 1.165) is 12.0 Å². The van der Waals surface area contributed by atoms with Crippen molar-refractivity contribution in [2.45, 2.75) is 33.2 Å². The number of carbonyl (C=O) groups is 1. The first-order chi connectivity index (χ1) is 9.92. The van der Waals surface area contributed by atoms with Crippen LogP contribution in [0.5, 0.6) is 0 Å². The number of hydrogen-bond acceptors (Lipinski definition) is 2. The van der Waals surface area contributed by atoms with Gasteiger partial charge in [0.05, 0.1) is 5.69 Å². The number of halogens is 1. The molecule has 0 bridgehead atoms. The number of hydrogen-bond donors (Lipinski definition) is 1. The van der Waals surface area contributed by atoms with Crippen molar-refractivity contribution in [1.29, 1.82) is 0 Å². The van der Waals surface area contributed by atoms with Crippen LogP contribution < -0.4 is 5.32 Å². The highest BCUT2D eigenvalue weighted by atomic mass is 19.1. The maximum absolute atomic E-state index is 14.0. The molecule has 1 aromatic heterocycles. The van der Waals surface area contributed by atoms with Crippen molar-refractivity contribution in [1.82, 2.24) is 15.1 Å². The van der Waals surface area contributed by atoms with E-state index in [1.165, 1.54) is 10.7 Å². The Morgan fingerprint density at radius 2 is 2.14 bits per heavy atom. The lowest BCUT2D eigenvalue weighted by molar-refractivity contribution is 0.0933. The molecule has 1 N–H and O–H groups in total. The number of amides is 1. The van der Waals surface area contributed by atoms with Gasteiger partial charge in [0, 0.05) is 18.7 Å². The molecular formula is C16H20FN3O. The standard InChI is InChI=1S/C16H20FN3O/c1-5-11(3)18-16(21)14-9-15(20(4)19-14)12-8-10(2)6-7-13(12)17/h6-9,11H,5H2,1-4H3,(H,18,21). The fraction of sp³-hybridized carbons (Fsp3) is 0.375. The maximum atomic E-state index is 14.0. The minimum atomic E-state index is -0.322. The van der Waals surface area contributed by atoms with Gasteiger partial charge in [-0.15, -0.1) is 0 Å². The SMILES string of the molecule is CCC(C)NC(=O)c1cc(-c2cc(C)ccc2F)n(C)n1. The van der Waals surface area contributed by atoms with Gasteiger partial charge in [-0.1, -0.05) is 18.6 Å². The molecule has 1 atom stereocenters. The van der Waals surface area contributed by atoms with Crippen LogP contribution in [0, 0.1) is 12.7 Å². The second kappa shape index (κ2) is 6.08. The molecular weight excluding hydrogens is 269 g/mol. The first-order valence-electron chi connectivity index (χ1n) is 7.03. The van der Waals surface area contributed by atoms with Crippen LogP contribution in [0.3, 0.4) is 0 Å². The topological polar surface area (TPSA) is 46.9 Å². The second-order valence-corrected chi connectivity index (χ2v) is 5.30. The zero-order chi connectivity index (χ0) is 15.6. The molecule has 5 heteroatoms. The number of aryl methyl sites for hydroxylation is 2. The smallest absolute Gasteiger partial charge is 0.272 e. The summed E-state index contributed by atoms with van der Waals surface area (Å²) in [6.45, 7) is 5.83. The molecule has 0 radical (unpaired) electrons. The van der Waals surface area contributed by atoms with Crippen LogP contribution in [0.1, 0.15) is 36.3 Å². The van der Waals surface area contributed by atoms with E-state index in [9.17, 15) is 9.18 Å². The minimum absolute atomic E-state index is 0.0821. The number of aromatic nitrogens is 2. The van der Waals surface area contributed by atoms with E-state index in [-0.39, 0.29) is 17.8 Å². The fourth-order valence-corrected chi connectivity index (χ4v) is 2.07. The molecule has 1 heterocycles. The lowest BCUT2D eigenvalue weighted by Crippen LogP contribution is -2.32. The van der Waals surface area contributed by atoms with Crippen LogP contribution >= 0.6 is 0 Å². The van der Waals surface area contributed by atoms with Gasteiger partial charge in [-0.25, -0.2) is 4.39 Å². The number of nitrogens with one attached hydrogen (secondary N) is 1. The average molecular weight is 289 g/mol. The first kappa shape index (κ1) is 15.2. The Morgan fingerprint density at radius 3 is 2.81 bits per heavy atom. The van der Waals surface area contributed by atoms with Crippen molar-refractivity contribution >= 4 is 5.91 Å². The van der Waals surface area contributed by atoms with Crippen LogP contribution in [0.15, 0.2) is 24.3 Å². The minimum Gasteiger partial charge on any atom is -0.348 e. The summed E-state index contributed by atoms with van der Waals surface area (Å²) in [5.41, 5.74) is 2.30. The molecule has 0 fully saturated rings. The highest BCUT2D eigenvalue weighted by Crippen LogP contribution is 2.24. The molecule has 0 saturated carbocycles. The van der Waals surface area contributed by atoms with E-state index in [1.54, 1.807) is 25.2 Å². The Hall–Kier alpha value is -2.17. The van der Waals surface area contributed by atoms with Crippen molar-refractivity contribution in [3.05, 3.63) is 41.3 Å². The molecule has 2 rings (SSSR count). The van der Waals surface area contributed by atoms with Crippen molar-refractivity contribution in [3.8, 4) is 11.3 Å². The summed E-state index contributed by atoms with van der Waals surface area (Å²) in [5.74, 6) is -0.559. The molecule has 2 aromatic rings. The monoisotopic (exact) mass is 289 g/mol. The molecule has 1 aromatic carbocycles. The molecule has 1 unspecified atom stereocenters. The van der Waals surface area contributed by atoms with Crippen molar-refractivity contribution in [3.63, 3.8) is 0 Å². The molecule has 0 aliphatic carbocycles. The molecule has 0 aliphatic heterocycles. The Kier molecular flexibility index (Phi) is 4.40. The van der Waals surface area contributed by atoms with Gasteiger partial charge in [0.1, 0.15) is 5.82 Å². The van der Waals surface area contributed by atoms with E-state index in [0.29, 0.717) is 17.0 Å². The van der Waals surface area contributed by atoms with Gasteiger partial charge in [-0.3, -0.25) is 9.48 Å². The summed E-state index contributed by atoms with van der Waals surface area (Å²) < 4.78 is 15.5. The molecule has 4 nitrogen and oxygen atoms in total. The highest BCUT2D eigenvalue weighted by Gasteiger charge is 2.17. The third-order valence-corrected chi connectivity index (χ3v) is 3.50. The molecule has 1 amide bonds. The van der Waals surface area contributed by atoms with E-state index in [1.807, 2.05) is 20.8 Å².